The number of nitrogens with one attached hydrogen (secondary N) is 3. The Balaban J connectivity index is 1.79. The summed E-state index contributed by atoms with van der Waals surface area (Å²) in [6.07, 6.45) is 3.03. The third-order valence-electron chi connectivity index (χ3n) is 5.69. The number of rotatable bonds is 12. The first-order valence-corrected chi connectivity index (χ1v) is 11.3. The van der Waals surface area contributed by atoms with Gasteiger partial charge in [0.05, 0.1) is 6.04 Å². The molecule has 0 radical (unpaired) electrons. The van der Waals surface area contributed by atoms with E-state index < -0.39 is 35.9 Å². The van der Waals surface area contributed by atoms with Crippen LogP contribution in [0.4, 0.5) is 0 Å². The standard InChI is InChI=1S/C25H31N5O4/c26-12-6-10-19(27)23(31)29-21(14-17-15-28-20-11-5-4-9-18(17)20)24(32)30-22(25(33)34)13-16-7-2-1-3-8-16/h1-5,7-9,11,15,19,21-22,28H,6,10,12-14,26-27H2,(H,29,31)(H,30,32)(H,33,34)/t19-,21-,22-/m0/s1. The molecular weight excluding hydrogens is 434 g/mol. The third kappa shape index (κ3) is 6.66. The van der Waals surface area contributed by atoms with Crippen LogP contribution in [0, 0.1) is 0 Å². The largest absolute Gasteiger partial charge is 0.480 e. The van der Waals surface area contributed by atoms with Crippen molar-refractivity contribution in [2.24, 2.45) is 11.5 Å². The molecule has 8 N–H and O–H groups in total. The number of H-pyrrole nitrogens is 1. The van der Waals surface area contributed by atoms with E-state index in [0.717, 1.165) is 22.0 Å². The maximum Gasteiger partial charge on any atom is 0.326 e. The van der Waals surface area contributed by atoms with E-state index in [1.165, 1.54) is 0 Å². The maximum absolute atomic E-state index is 13.2. The van der Waals surface area contributed by atoms with Gasteiger partial charge >= 0.3 is 5.97 Å². The topological polar surface area (TPSA) is 163 Å². The van der Waals surface area contributed by atoms with E-state index in [4.69, 9.17) is 11.5 Å². The average molecular weight is 466 g/mol. The van der Waals surface area contributed by atoms with Gasteiger partial charge in [0.1, 0.15) is 12.1 Å². The number of para-hydroxylation sites is 1. The highest BCUT2D eigenvalue weighted by Crippen LogP contribution is 2.19. The zero-order valence-corrected chi connectivity index (χ0v) is 18.9. The zero-order chi connectivity index (χ0) is 24.5. The van der Waals surface area contributed by atoms with E-state index in [1.807, 2.05) is 30.3 Å². The first kappa shape index (κ1) is 24.9. The number of hydrogen-bond acceptors (Lipinski definition) is 5. The predicted molar refractivity (Wildman–Crippen MR) is 130 cm³/mol. The lowest BCUT2D eigenvalue weighted by molar-refractivity contribution is -0.142. The lowest BCUT2D eigenvalue weighted by Gasteiger charge is -2.23. The van der Waals surface area contributed by atoms with Crippen LogP contribution in [0.1, 0.15) is 24.0 Å². The van der Waals surface area contributed by atoms with Crippen LogP contribution < -0.4 is 22.1 Å². The minimum Gasteiger partial charge on any atom is -0.480 e. The van der Waals surface area contributed by atoms with Crippen LogP contribution in [0.15, 0.2) is 60.8 Å². The molecule has 0 saturated carbocycles. The molecule has 1 heterocycles. The summed E-state index contributed by atoms with van der Waals surface area (Å²) in [6.45, 7) is 0.403. The van der Waals surface area contributed by atoms with Gasteiger partial charge in [-0.15, -0.1) is 0 Å². The summed E-state index contributed by atoms with van der Waals surface area (Å²) in [5, 5.41) is 15.9. The number of carboxylic acids is 1. The normalized spacial score (nSPS) is 13.7. The van der Waals surface area contributed by atoms with Crippen molar-refractivity contribution in [2.45, 2.75) is 43.8 Å². The summed E-state index contributed by atoms with van der Waals surface area (Å²) in [5.41, 5.74) is 14.0. The smallest absolute Gasteiger partial charge is 0.326 e. The van der Waals surface area contributed by atoms with Gasteiger partial charge in [0.2, 0.25) is 11.8 Å². The van der Waals surface area contributed by atoms with Crippen molar-refractivity contribution in [3.63, 3.8) is 0 Å². The van der Waals surface area contributed by atoms with Gasteiger partial charge in [-0.05, 0) is 36.6 Å². The minimum atomic E-state index is -1.16. The Morgan fingerprint density at radius 3 is 2.29 bits per heavy atom. The summed E-state index contributed by atoms with van der Waals surface area (Å²) in [6, 6.07) is 13.7. The van der Waals surface area contributed by atoms with Gasteiger partial charge in [-0.25, -0.2) is 4.79 Å². The molecule has 0 aliphatic carbocycles. The van der Waals surface area contributed by atoms with Crippen molar-refractivity contribution in [3.8, 4) is 0 Å². The highest BCUT2D eigenvalue weighted by molar-refractivity contribution is 5.93. The molecule has 2 aromatic carbocycles. The van der Waals surface area contributed by atoms with Gasteiger partial charge in [0.15, 0.2) is 0 Å². The van der Waals surface area contributed by atoms with Gasteiger partial charge in [-0.2, -0.15) is 0 Å². The Hall–Kier alpha value is -3.69. The Bertz CT molecular complexity index is 1110. The number of nitrogens with two attached hydrogens (primary N) is 2. The molecule has 0 aliphatic rings. The summed E-state index contributed by atoms with van der Waals surface area (Å²) >= 11 is 0. The fraction of sp³-hybridized carbons (Fsp3) is 0.320. The van der Waals surface area contributed by atoms with E-state index in [-0.39, 0.29) is 12.8 Å². The SMILES string of the molecule is NCCC[C@H](N)C(=O)N[C@@H](Cc1c[nH]c2ccccc12)C(=O)N[C@@H](Cc1ccccc1)C(=O)O. The molecule has 2 amide bonds. The van der Waals surface area contributed by atoms with Crippen LogP contribution in [-0.4, -0.2) is 52.5 Å². The highest BCUT2D eigenvalue weighted by Gasteiger charge is 2.29. The molecule has 0 saturated heterocycles. The van der Waals surface area contributed by atoms with Crippen LogP contribution in [0.25, 0.3) is 10.9 Å². The van der Waals surface area contributed by atoms with Crippen molar-refractivity contribution in [2.75, 3.05) is 6.54 Å². The number of benzene rings is 2. The van der Waals surface area contributed by atoms with E-state index in [2.05, 4.69) is 15.6 Å². The van der Waals surface area contributed by atoms with Gasteiger partial charge in [-0.3, -0.25) is 9.59 Å². The second-order valence-corrected chi connectivity index (χ2v) is 8.25. The number of aliphatic carboxylic acids is 1. The van der Waals surface area contributed by atoms with Crippen molar-refractivity contribution in [3.05, 3.63) is 71.9 Å². The number of amides is 2. The van der Waals surface area contributed by atoms with E-state index in [0.29, 0.717) is 19.4 Å². The molecular formula is C25H31N5O4. The molecule has 3 aromatic rings. The first-order chi connectivity index (χ1) is 16.4. The summed E-state index contributed by atoms with van der Waals surface area (Å²) in [7, 11) is 0. The van der Waals surface area contributed by atoms with Crippen LogP contribution >= 0.6 is 0 Å². The number of carbonyl (C=O) groups excluding carboxylic acids is 2. The van der Waals surface area contributed by atoms with Gasteiger partial charge in [-0.1, -0.05) is 48.5 Å². The number of carbonyl (C=O) groups is 3. The maximum atomic E-state index is 13.2. The Morgan fingerprint density at radius 1 is 0.912 bits per heavy atom. The van der Waals surface area contributed by atoms with Crippen molar-refractivity contribution in [1.29, 1.82) is 0 Å². The fourth-order valence-corrected chi connectivity index (χ4v) is 3.80. The Kier molecular flexibility index (Phi) is 8.78. The van der Waals surface area contributed by atoms with Crippen LogP contribution in [-0.2, 0) is 27.2 Å². The fourth-order valence-electron chi connectivity index (χ4n) is 3.80. The third-order valence-corrected chi connectivity index (χ3v) is 5.69. The van der Waals surface area contributed by atoms with E-state index >= 15 is 0 Å². The number of aromatic nitrogens is 1. The van der Waals surface area contributed by atoms with Crippen molar-refractivity contribution in [1.82, 2.24) is 15.6 Å². The molecule has 34 heavy (non-hydrogen) atoms. The monoisotopic (exact) mass is 465 g/mol. The highest BCUT2D eigenvalue weighted by atomic mass is 16.4. The number of hydrogen-bond donors (Lipinski definition) is 6. The number of fused-ring (bicyclic) bond motifs is 1. The second-order valence-electron chi connectivity index (χ2n) is 8.25. The summed E-state index contributed by atoms with van der Waals surface area (Å²) < 4.78 is 0. The molecule has 0 bridgehead atoms. The predicted octanol–water partition coefficient (Wildman–Crippen LogP) is 1.07. The lowest BCUT2D eigenvalue weighted by atomic mass is 10.0. The Labute approximate surface area is 197 Å². The lowest BCUT2D eigenvalue weighted by Crippen LogP contribution is -2.55. The molecule has 0 unspecified atom stereocenters. The van der Waals surface area contributed by atoms with E-state index in [9.17, 15) is 19.5 Å². The van der Waals surface area contributed by atoms with Crippen LogP contribution in [0.5, 0.6) is 0 Å². The molecule has 180 valence electrons. The van der Waals surface area contributed by atoms with Crippen molar-refractivity contribution < 1.29 is 19.5 Å². The van der Waals surface area contributed by atoms with E-state index in [1.54, 1.807) is 30.5 Å². The molecule has 0 spiro atoms. The zero-order valence-electron chi connectivity index (χ0n) is 18.9. The van der Waals surface area contributed by atoms with Gasteiger partial charge < -0.3 is 32.2 Å². The number of carboxylic acid groups (broad SMARTS) is 1. The van der Waals surface area contributed by atoms with Gasteiger partial charge in [0.25, 0.3) is 0 Å². The van der Waals surface area contributed by atoms with Crippen LogP contribution in [0.3, 0.4) is 0 Å². The van der Waals surface area contributed by atoms with Crippen molar-refractivity contribution >= 4 is 28.7 Å². The quantitative estimate of drug-likeness (QED) is 0.234. The van der Waals surface area contributed by atoms with Gasteiger partial charge in [0, 0.05) is 29.9 Å². The molecule has 0 aliphatic heterocycles. The Morgan fingerprint density at radius 2 is 1.59 bits per heavy atom. The summed E-state index contributed by atoms with van der Waals surface area (Å²) in [4.78, 5) is 40.9. The first-order valence-electron chi connectivity index (χ1n) is 11.3. The molecule has 1 aromatic heterocycles. The summed E-state index contributed by atoms with van der Waals surface area (Å²) in [5.74, 6) is -2.23. The van der Waals surface area contributed by atoms with Crippen LogP contribution in [0.2, 0.25) is 0 Å². The molecule has 3 atom stereocenters. The molecule has 0 fully saturated rings. The molecule has 9 nitrogen and oxygen atoms in total. The average Bonchev–Trinajstić information content (AvgIpc) is 3.25. The second kappa shape index (κ2) is 12.0. The molecule has 3 rings (SSSR count). The molecule has 9 heteroatoms. The number of aromatic amines is 1. The minimum absolute atomic E-state index is 0.117.